The molecule has 3 heteroatoms. The number of hydrogen-bond donors (Lipinski definition) is 1. The van der Waals surface area contributed by atoms with Crippen LogP contribution in [-0.2, 0) is 6.54 Å². The van der Waals surface area contributed by atoms with E-state index in [-0.39, 0.29) is 0 Å². The first-order chi connectivity index (χ1) is 9.69. The Morgan fingerprint density at radius 2 is 1.95 bits per heavy atom. The lowest BCUT2D eigenvalue weighted by molar-refractivity contribution is 0.412. The van der Waals surface area contributed by atoms with Crippen molar-refractivity contribution in [3.05, 3.63) is 41.3 Å². The highest BCUT2D eigenvalue weighted by atomic mass is 16.5. The summed E-state index contributed by atoms with van der Waals surface area (Å²) in [5.74, 6) is 1.89. The van der Waals surface area contributed by atoms with E-state index >= 15 is 0 Å². The number of hydrogen-bond acceptors (Lipinski definition) is 3. The van der Waals surface area contributed by atoms with Gasteiger partial charge in [0.15, 0.2) is 0 Å². The maximum Gasteiger partial charge on any atom is 0.129 e. The Hall–Kier alpha value is -1.74. The molecule has 2 aromatic rings. The molecule has 0 saturated carbocycles. The van der Waals surface area contributed by atoms with Crippen LogP contribution in [0.5, 0.6) is 5.75 Å². The molecule has 0 aliphatic heterocycles. The molecule has 1 aromatic heterocycles. The summed E-state index contributed by atoms with van der Waals surface area (Å²) in [6, 6.07) is 6.24. The van der Waals surface area contributed by atoms with Gasteiger partial charge < -0.3 is 14.5 Å². The SMILES string of the molecule is CCCNCc1occc1-c1ccc(C)c(C)c1OC. The van der Waals surface area contributed by atoms with Gasteiger partial charge in [0, 0.05) is 11.1 Å². The van der Waals surface area contributed by atoms with Crippen molar-refractivity contribution < 1.29 is 9.15 Å². The molecule has 0 amide bonds. The Kier molecular flexibility index (Phi) is 4.85. The van der Waals surface area contributed by atoms with Gasteiger partial charge in [0.1, 0.15) is 11.5 Å². The van der Waals surface area contributed by atoms with E-state index in [1.54, 1.807) is 13.4 Å². The van der Waals surface area contributed by atoms with Gasteiger partial charge in [0.25, 0.3) is 0 Å². The summed E-state index contributed by atoms with van der Waals surface area (Å²) in [6.07, 6.45) is 2.86. The van der Waals surface area contributed by atoms with E-state index in [2.05, 4.69) is 38.2 Å². The van der Waals surface area contributed by atoms with Gasteiger partial charge in [-0.15, -0.1) is 0 Å². The third kappa shape index (κ3) is 2.88. The lowest BCUT2D eigenvalue weighted by Gasteiger charge is -2.13. The summed E-state index contributed by atoms with van der Waals surface area (Å²) in [4.78, 5) is 0. The molecule has 3 nitrogen and oxygen atoms in total. The molecular weight excluding hydrogens is 250 g/mol. The standard InChI is InChI=1S/C17H23NO2/c1-5-9-18-11-16-14(8-10-20-16)15-7-6-12(2)13(3)17(15)19-4/h6-8,10,18H,5,9,11H2,1-4H3. The van der Waals surface area contributed by atoms with Crippen LogP contribution in [-0.4, -0.2) is 13.7 Å². The smallest absolute Gasteiger partial charge is 0.129 e. The van der Waals surface area contributed by atoms with Gasteiger partial charge in [-0.2, -0.15) is 0 Å². The maximum atomic E-state index is 5.62. The van der Waals surface area contributed by atoms with Crippen LogP contribution in [0.15, 0.2) is 28.9 Å². The Balaban J connectivity index is 2.37. The molecule has 0 bridgehead atoms. The minimum absolute atomic E-state index is 0.742. The van der Waals surface area contributed by atoms with Crippen LogP contribution in [0.25, 0.3) is 11.1 Å². The fourth-order valence-corrected chi connectivity index (χ4v) is 2.36. The molecule has 0 unspecified atom stereocenters. The number of aryl methyl sites for hydroxylation is 1. The third-order valence-electron chi connectivity index (χ3n) is 3.63. The number of benzene rings is 1. The Morgan fingerprint density at radius 3 is 2.65 bits per heavy atom. The van der Waals surface area contributed by atoms with Crippen LogP contribution >= 0.6 is 0 Å². The van der Waals surface area contributed by atoms with Crippen molar-refractivity contribution >= 4 is 0 Å². The molecular formula is C17H23NO2. The molecule has 1 aromatic carbocycles. The van der Waals surface area contributed by atoms with Crippen molar-refractivity contribution in [1.29, 1.82) is 0 Å². The summed E-state index contributed by atoms with van der Waals surface area (Å²) in [5, 5.41) is 3.38. The zero-order valence-corrected chi connectivity index (χ0v) is 12.7. The van der Waals surface area contributed by atoms with E-state index in [1.165, 1.54) is 11.1 Å². The van der Waals surface area contributed by atoms with Crippen molar-refractivity contribution in [1.82, 2.24) is 5.32 Å². The summed E-state index contributed by atoms with van der Waals surface area (Å²) >= 11 is 0. The van der Waals surface area contributed by atoms with E-state index in [0.717, 1.165) is 42.1 Å². The average Bonchev–Trinajstić information content (AvgIpc) is 2.90. The van der Waals surface area contributed by atoms with E-state index in [4.69, 9.17) is 9.15 Å². The fourth-order valence-electron chi connectivity index (χ4n) is 2.36. The minimum atomic E-state index is 0.742. The number of furan rings is 1. The first-order valence-corrected chi connectivity index (χ1v) is 7.10. The van der Waals surface area contributed by atoms with Gasteiger partial charge >= 0.3 is 0 Å². The quantitative estimate of drug-likeness (QED) is 0.806. The first kappa shape index (κ1) is 14.7. The predicted octanol–water partition coefficient (Wildman–Crippen LogP) is 4.07. The number of ether oxygens (including phenoxy) is 1. The lowest BCUT2D eigenvalue weighted by Crippen LogP contribution is -2.13. The largest absolute Gasteiger partial charge is 0.496 e. The average molecular weight is 273 g/mol. The van der Waals surface area contributed by atoms with Gasteiger partial charge in [-0.1, -0.05) is 19.1 Å². The Morgan fingerprint density at radius 1 is 1.15 bits per heavy atom. The maximum absolute atomic E-state index is 5.62. The van der Waals surface area contributed by atoms with Crippen molar-refractivity contribution in [3.63, 3.8) is 0 Å². The highest BCUT2D eigenvalue weighted by Crippen LogP contribution is 2.36. The normalized spacial score (nSPS) is 10.8. The molecule has 108 valence electrons. The molecule has 0 aliphatic carbocycles. The van der Waals surface area contributed by atoms with Crippen LogP contribution in [0.3, 0.4) is 0 Å². The van der Waals surface area contributed by atoms with E-state index in [0.29, 0.717) is 0 Å². The molecule has 0 saturated heterocycles. The van der Waals surface area contributed by atoms with Gasteiger partial charge in [0.2, 0.25) is 0 Å². The zero-order valence-electron chi connectivity index (χ0n) is 12.7. The topological polar surface area (TPSA) is 34.4 Å². The van der Waals surface area contributed by atoms with E-state index in [1.807, 2.05) is 6.07 Å². The van der Waals surface area contributed by atoms with Crippen molar-refractivity contribution in [2.75, 3.05) is 13.7 Å². The second-order valence-corrected chi connectivity index (χ2v) is 5.02. The second kappa shape index (κ2) is 6.62. The zero-order chi connectivity index (χ0) is 14.5. The first-order valence-electron chi connectivity index (χ1n) is 7.10. The summed E-state index contributed by atoms with van der Waals surface area (Å²) < 4.78 is 11.2. The molecule has 0 aliphatic rings. The molecule has 0 radical (unpaired) electrons. The molecule has 2 rings (SSSR count). The highest BCUT2D eigenvalue weighted by Gasteiger charge is 2.15. The summed E-state index contributed by atoms with van der Waals surface area (Å²) in [6.45, 7) is 8.08. The second-order valence-electron chi connectivity index (χ2n) is 5.02. The van der Waals surface area contributed by atoms with E-state index in [9.17, 15) is 0 Å². The molecule has 1 N–H and O–H groups in total. The van der Waals surface area contributed by atoms with Crippen LogP contribution in [0.1, 0.15) is 30.2 Å². The van der Waals surface area contributed by atoms with Gasteiger partial charge in [-0.3, -0.25) is 0 Å². The summed E-state index contributed by atoms with van der Waals surface area (Å²) in [5.41, 5.74) is 4.62. The highest BCUT2D eigenvalue weighted by molar-refractivity contribution is 5.74. The van der Waals surface area contributed by atoms with Gasteiger partial charge in [-0.05, 0) is 44.0 Å². The molecule has 0 fully saturated rings. The Labute approximate surface area is 121 Å². The van der Waals surface area contributed by atoms with Gasteiger partial charge in [-0.25, -0.2) is 0 Å². The van der Waals surface area contributed by atoms with E-state index < -0.39 is 0 Å². The van der Waals surface area contributed by atoms with Gasteiger partial charge in [0.05, 0.1) is 19.9 Å². The van der Waals surface area contributed by atoms with Crippen molar-refractivity contribution in [2.45, 2.75) is 33.7 Å². The lowest BCUT2D eigenvalue weighted by atomic mass is 9.99. The monoisotopic (exact) mass is 273 g/mol. The molecule has 0 spiro atoms. The summed E-state index contributed by atoms with van der Waals surface area (Å²) in [7, 11) is 1.72. The molecule has 1 heterocycles. The number of rotatable bonds is 6. The minimum Gasteiger partial charge on any atom is -0.496 e. The van der Waals surface area contributed by atoms with Crippen LogP contribution in [0.4, 0.5) is 0 Å². The third-order valence-corrected chi connectivity index (χ3v) is 3.63. The molecule has 20 heavy (non-hydrogen) atoms. The van der Waals surface area contributed by atoms with Crippen molar-refractivity contribution in [3.8, 4) is 16.9 Å². The number of nitrogens with one attached hydrogen (secondary N) is 1. The van der Waals surface area contributed by atoms with Crippen LogP contribution in [0, 0.1) is 13.8 Å². The van der Waals surface area contributed by atoms with Crippen molar-refractivity contribution in [2.24, 2.45) is 0 Å². The number of methoxy groups -OCH3 is 1. The fraction of sp³-hybridized carbons (Fsp3) is 0.412. The molecule has 0 atom stereocenters. The predicted molar refractivity (Wildman–Crippen MR) is 82.2 cm³/mol. The van der Waals surface area contributed by atoms with Crippen LogP contribution in [0.2, 0.25) is 0 Å². The van der Waals surface area contributed by atoms with Crippen LogP contribution < -0.4 is 10.1 Å². The Bertz CT molecular complexity index is 572.